The number of nitro benzene ring substituents is 2. The van der Waals surface area contributed by atoms with Crippen molar-refractivity contribution in [3.8, 4) is 0 Å². The van der Waals surface area contributed by atoms with Gasteiger partial charge in [0.05, 0.1) is 21.9 Å². The number of β-lactam (4-membered cyclic amide) rings is 1. The largest absolute Gasteiger partial charge is 0.477 e. The molecule has 0 bridgehead atoms. The lowest BCUT2D eigenvalue weighted by atomic mass is 9.92. The predicted octanol–water partition coefficient (Wildman–Crippen LogP) is 8.43. The van der Waals surface area contributed by atoms with Crippen molar-refractivity contribution in [3.05, 3.63) is 126 Å². The number of hydrogen-bond acceptors (Lipinski definition) is 11. The summed E-state index contributed by atoms with van der Waals surface area (Å²) >= 11 is 7.34. The highest BCUT2D eigenvalue weighted by molar-refractivity contribution is 8.04. The van der Waals surface area contributed by atoms with Crippen LogP contribution in [-0.2, 0) is 38.3 Å². The number of carbonyl (C=O) groups excluding carboxylic acids is 2. The van der Waals surface area contributed by atoms with E-state index < -0.39 is 36.2 Å². The minimum atomic E-state index is -2.21. The summed E-state index contributed by atoms with van der Waals surface area (Å²) in [6.45, 7) is 12.7. The Bertz CT molecular complexity index is 1920. The van der Waals surface area contributed by atoms with Crippen LogP contribution in [0.3, 0.4) is 0 Å². The highest BCUT2D eigenvalue weighted by atomic mass is 32.2. The van der Waals surface area contributed by atoms with Crippen LogP contribution in [0.5, 0.6) is 0 Å². The SMILES string of the molecule is C[C@H](O[Si](C)(C)C(C)(C)C)[C@@H]1C(=O)N2C(C(=S)OCc3ccc([N+](=O)[O-])cc3)=C(C[C@H](Cc3ccccc3)NC(=O)OCc3ccc([N+](=O)[O-])cc3)S[C@H]12. The number of benzene rings is 3. The molecule has 0 aromatic heterocycles. The Labute approximate surface area is 324 Å². The van der Waals surface area contributed by atoms with Crippen molar-refractivity contribution in [1.82, 2.24) is 10.2 Å². The number of nitrogens with zero attached hydrogens (tertiary/aromatic N) is 3. The molecule has 5 rings (SSSR count). The fourth-order valence-electron chi connectivity index (χ4n) is 5.99. The molecule has 2 heterocycles. The lowest BCUT2D eigenvalue weighted by Gasteiger charge is -2.48. The van der Waals surface area contributed by atoms with Crippen LogP contribution in [0.2, 0.25) is 18.1 Å². The van der Waals surface area contributed by atoms with Crippen molar-refractivity contribution in [3.63, 3.8) is 0 Å². The van der Waals surface area contributed by atoms with Gasteiger partial charge in [-0.25, -0.2) is 4.79 Å². The molecule has 0 aliphatic carbocycles. The Hall–Kier alpha value is -4.64. The zero-order valence-corrected chi connectivity index (χ0v) is 33.6. The number of fused-ring (bicyclic) bond motifs is 1. The first-order chi connectivity index (χ1) is 25.4. The smallest absolute Gasteiger partial charge is 0.407 e. The molecule has 16 heteroatoms. The maximum atomic E-state index is 14.0. The Morgan fingerprint density at radius 3 is 1.94 bits per heavy atom. The number of non-ortho nitro benzene ring substituents is 2. The fourth-order valence-corrected chi connectivity index (χ4v) is 9.45. The zero-order chi connectivity index (χ0) is 39.4. The zero-order valence-electron chi connectivity index (χ0n) is 31.0. The van der Waals surface area contributed by atoms with Gasteiger partial charge in [0.1, 0.15) is 24.3 Å². The quantitative estimate of drug-likeness (QED) is 0.0517. The van der Waals surface area contributed by atoms with Crippen molar-refractivity contribution in [2.75, 3.05) is 0 Å². The average Bonchev–Trinajstić information content (AvgIpc) is 3.43. The number of amides is 2. The standard InChI is InChI=1S/C38H44N4O9S2Si/c1-24(51-54(5,6)38(2,3)4)32-34(43)40-33(36(52)49-22-26-12-16-29(17-13-26)41(45)46)31(53-35(32)40)21-28(20-25-10-8-7-9-11-25)39-37(44)50-23-27-14-18-30(19-15-27)42(47)48/h7-19,24,28,32,35H,20-23H2,1-6H3,(H,39,44)/t24-,28-,32+,35+/m0/s1. The van der Waals surface area contributed by atoms with E-state index >= 15 is 0 Å². The van der Waals surface area contributed by atoms with Gasteiger partial charge >= 0.3 is 6.09 Å². The van der Waals surface area contributed by atoms with Crippen LogP contribution < -0.4 is 5.32 Å². The molecule has 1 fully saturated rings. The number of nitrogens with one attached hydrogen (secondary N) is 1. The van der Waals surface area contributed by atoms with Crippen molar-refractivity contribution >= 4 is 60.7 Å². The number of hydrogen-bond donors (Lipinski definition) is 1. The number of alkyl carbamates (subject to hydrolysis) is 1. The van der Waals surface area contributed by atoms with Gasteiger partial charge in [0.25, 0.3) is 11.4 Å². The van der Waals surface area contributed by atoms with Crippen LogP contribution in [0.1, 0.15) is 50.8 Å². The van der Waals surface area contributed by atoms with E-state index in [1.54, 1.807) is 17.0 Å². The molecule has 2 aliphatic rings. The molecule has 0 unspecified atom stereocenters. The van der Waals surface area contributed by atoms with Gasteiger partial charge in [0, 0.05) is 41.6 Å². The van der Waals surface area contributed by atoms with Gasteiger partial charge < -0.3 is 19.2 Å². The molecule has 2 amide bonds. The fraction of sp³-hybridized carbons (Fsp3) is 0.395. The average molecular weight is 793 g/mol. The maximum absolute atomic E-state index is 14.0. The summed E-state index contributed by atoms with van der Waals surface area (Å²) in [4.78, 5) is 50.9. The molecule has 3 aromatic rings. The molecule has 2 aliphatic heterocycles. The number of thioether (sulfide) groups is 1. The van der Waals surface area contributed by atoms with Crippen LogP contribution in [0, 0.1) is 26.1 Å². The van der Waals surface area contributed by atoms with Gasteiger partial charge in [-0.3, -0.25) is 29.9 Å². The number of ether oxygens (including phenoxy) is 2. The van der Waals surface area contributed by atoms with Crippen molar-refractivity contribution in [1.29, 1.82) is 0 Å². The Kier molecular flexibility index (Phi) is 12.6. The lowest BCUT2D eigenvalue weighted by Crippen LogP contribution is -2.62. The third-order valence-electron chi connectivity index (χ3n) is 9.95. The van der Waals surface area contributed by atoms with Gasteiger partial charge in [-0.1, -0.05) is 51.1 Å². The third-order valence-corrected chi connectivity index (χ3v) is 16.2. The highest BCUT2D eigenvalue weighted by Crippen LogP contribution is 2.53. The summed E-state index contributed by atoms with van der Waals surface area (Å²) in [5, 5.41) is 24.9. The summed E-state index contributed by atoms with van der Waals surface area (Å²) in [6.07, 6.45) is -0.290. The molecular formula is C38H44N4O9S2Si. The van der Waals surface area contributed by atoms with Crippen molar-refractivity contribution < 1.29 is 33.3 Å². The van der Waals surface area contributed by atoms with E-state index in [4.69, 9.17) is 26.1 Å². The monoisotopic (exact) mass is 792 g/mol. The van der Waals surface area contributed by atoms with Gasteiger partial charge in [0.15, 0.2) is 8.32 Å². The van der Waals surface area contributed by atoms with Gasteiger partial charge in [0.2, 0.25) is 11.0 Å². The molecule has 54 heavy (non-hydrogen) atoms. The number of nitro groups is 2. The molecule has 0 saturated carbocycles. The summed E-state index contributed by atoms with van der Waals surface area (Å²) in [7, 11) is -2.21. The second kappa shape index (κ2) is 16.8. The molecule has 1 saturated heterocycles. The molecule has 4 atom stereocenters. The molecule has 3 aromatic carbocycles. The van der Waals surface area contributed by atoms with E-state index in [9.17, 15) is 29.8 Å². The molecule has 286 valence electrons. The predicted molar refractivity (Wildman–Crippen MR) is 212 cm³/mol. The maximum Gasteiger partial charge on any atom is 0.407 e. The number of carbonyl (C=O) groups is 2. The molecule has 13 nitrogen and oxygen atoms in total. The molecule has 1 N–H and O–H groups in total. The van der Waals surface area contributed by atoms with E-state index in [1.165, 1.54) is 48.2 Å². The summed E-state index contributed by atoms with van der Waals surface area (Å²) in [6, 6.07) is 20.9. The molecule has 0 radical (unpaired) electrons. The number of rotatable bonds is 15. The highest BCUT2D eigenvalue weighted by Gasteiger charge is 2.58. The Morgan fingerprint density at radius 2 is 1.43 bits per heavy atom. The van der Waals surface area contributed by atoms with Crippen LogP contribution in [-0.4, -0.2) is 57.6 Å². The Morgan fingerprint density at radius 1 is 0.889 bits per heavy atom. The van der Waals surface area contributed by atoms with E-state index in [1.807, 2.05) is 37.3 Å². The van der Waals surface area contributed by atoms with Crippen LogP contribution in [0.25, 0.3) is 0 Å². The normalized spacial score (nSPS) is 18.0. The van der Waals surface area contributed by atoms with Crippen molar-refractivity contribution in [2.45, 2.75) is 89.4 Å². The first-order valence-electron chi connectivity index (χ1n) is 17.5. The van der Waals surface area contributed by atoms with Gasteiger partial charge in [-0.05, 0) is 84.7 Å². The van der Waals surface area contributed by atoms with E-state index in [0.717, 1.165) is 10.5 Å². The Balaban J connectivity index is 1.38. The second-order valence-electron chi connectivity index (χ2n) is 14.8. The van der Waals surface area contributed by atoms with Gasteiger partial charge in [-0.15, -0.1) is 11.8 Å². The number of thiocarbonyl (C=S) groups is 1. The third kappa shape index (κ3) is 9.53. The topological polar surface area (TPSA) is 163 Å². The summed E-state index contributed by atoms with van der Waals surface area (Å²) in [5.41, 5.74) is 2.57. The van der Waals surface area contributed by atoms with E-state index in [-0.39, 0.29) is 52.1 Å². The minimum absolute atomic E-state index is 0.0277. The van der Waals surface area contributed by atoms with Crippen molar-refractivity contribution in [2.24, 2.45) is 5.92 Å². The minimum Gasteiger partial charge on any atom is -0.477 e. The summed E-state index contributed by atoms with van der Waals surface area (Å²) in [5.74, 6) is -0.554. The van der Waals surface area contributed by atoms with Gasteiger partial charge in [-0.2, -0.15) is 0 Å². The van der Waals surface area contributed by atoms with E-state index in [0.29, 0.717) is 29.7 Å². The molecule has 0 spiro atoms. The lowest BCUT2D eigenvalue weighted by molar-refractivity contribution is -0.385. The second-order valence-corrected chi connectivity index (χ2v) is 21.2. The first-order valence-corrected chi connectivity index (χ1v) is 21.7. The van der Waals surface area contributed by atoms with Crippen LogP contribution in [0.4, 0.5) is 16.2 Å². The molecular weight excluding hydrogens is 749 g/mol. The first kappa shape index (κ1) is 40.5. The van der Waals surface area contributed by atoms with E-state index in [2.05, 4.69) is 39.2 Å². The summed E-state index contributed by atoms with van der Waals surface area (Å²) < 4.78 is 18.3. The van der Waals surface area contributed by atoms with Crippen LogP contribution in [0.15, 0.2) is 89.5 Å². The van der Waals surface area contributed by atoms with Crippen LogP contribution >= 0.6 is 24.0 Å².